The Labute approximate surface area is 179 Å². The number of hydrogen-bond donors (Lipinski definition) is 0. The van der Waals surface area contributed by atoms with E-state index in [9.17, 15) is 4.79 Å². The van der Waals surface area contributed by atoms with Gasteiger partial charge in [0, 0.05) is 66.8 Å². The minimum Gasteiger partial charge on any atom is -0.399 e. The molecule has 1 aliphatic rings. The first kappa shape index (κ1) is 19.9. The van der Waals surface area contributed by atoms with Crippen LogP contribution < -0.4 is 11.0 Å². The Bertz CT molecular complexity index is 1100. The molecule has 4 rings (SSSR count). The molecule has 4 heterocycles. The molecule has 0 spiro atoms. The molecule has 0 bridgehead atoms. The molecular weight excluding hydrogens is 490 g/mol. The van der Waals surface area contributed by atoms with Gasteiger partial charge >= 0.3 is 7.12 Å². The highest BCUT2D eigenvalue weighted by Gasteiger charge is 2.52. The molecule has 0 radical (unpaired) electrons. The maximum atomic E-state index is 13.0. The van der Waals surface area contributed by atoms with Gasteiger partial charge in [0.05, 0.1) is 16.9 Å². The zero-order chi connectivity index (χ0) is 20.3. The van der Waals surface area contributed by atoms with E-state index in [1.165, 1.54) is 9.12 Å². The van der Waals surface area contributed by atoms with E-state index in [0.717, 1.165) is 16.5 Å². The van der Waals surface area contributed by atoms with Crippen molar-refractivity contribution in [2.45, 2.75) is 38.9 Å². The topological polar surface area (TPSA) is 71.2 Å². The van der Waals surface area contributed by atoms with E-state index in [2.05, 4.69) is 31.2 Å². The van der Waals surface area contributed by atoms with E-state index in [1.54, 1.807) is 36.3 Å². The molecule has 1 saturated heterocycles. The Hall–Kier alpha value is -1.37. The van der Waals surface area contributed by atoms with Crippen molar-refractivity contribution in [3.63, 3.8) is 0 Å². The number of aromatic nitrogens is 4. The van der Waals surface area contributed by atoms with Crippen LogP contribution in [0.15, 0.2) is 35.5 Å². The lowest BCUT2D eigenvalue weighted by atomic mass is 9.78. The average molecular weight is 510 g/mol. The predicted molar refractivity (Wildman–Crippen MR) is 121 cm³/mol. The molecule has 0 amide bonds. The molecule has 0 unspecified atom stereocenters. The van der Waals surface area contributed by atoms with Gasteiger partial charge in [-0.2, -0.15) is 0 Å². The second-order valence-corrected chi connectivity index (χ2v) is 9.50. The van der Waals surface area contributed by atoms with Gasteiger partial charge in [-0.05, 0) is 39.8 Å². The molecule has 28 heavy (non-hydrogen) atoms. The molecule has 0 saturated carbocycles. The highest BCUT2D eigenvalue weighted by atomic mass is 127. The van der Waals surface area contributed by atoms with Crippen LogP contribution in [-0.4, -0.2) is 36.8 Å². The van der Waals surface area contributed by atoms with Crippen LogP contribution in [0.1, 0.15) is 27.7 Å². The quantitative estimate of drug-likeness (QED) is 0.399. The lowest BCUT2D eigenvalue weighted by molar-refractivity contribution is 0.00578. The molecule has 3 aromatic heterocycles. The Morgan fingerprint density at radius 3 is 2.32 bits per heavy atom. The van der Waals surface area contributed by atoms with Crippen molar-refractivity contribution in [1.82, 2.24) is 18.5 Å². The predicted octanol–water partition coefficient (Wildman–Crippen LogP) is 2.94. The van der Waals surface area contributed by atoms with Crippen LogP contribution >= 0.6 is 30.3 Å². The second kappa shape index (κ2) is 6.86. The summed E-state index contributed by atoms with van der Waals surface area (Å²) >= 11 is 2.16. The first-order chi connectivity index (χ1) is 13.2. The van der Waals surface area contributed by atoms with E-state index < -0.39 is 18.3 Å². The Morgan fingerprint density at radius 1 is 1.14 bits per heavy atom. The Kier molecular flexibility index (Phi) is 4.88. The normalized spacial score (nSPS) is 18.1. The lowest BCUT2D eigenvalue weighted by Gasteiger charge is -2.32. The van der Waals surface area contributed by atoms with Crippen LogP contribution in [-0.2, 0) is 16.4 Å². The van der Waals surface area contributed by atoms with E-state index in [0.29, 0.717) is 11.3 Å². The number of aryl methyl sites for hydroxylation is 1. The van der Waals surface area contributed by atoms with Gasteiger partial charge < -0.3 is 13.9 Å². The molecule has 1 aliphatic heterocycles. The fourth-order valence-electron chi connectivity index (χ4n) is 3.24. The molecule has 0 atom stereocenters. The van der Waals surface area contributed by atoms with Gasteiger partial charge in [-0.15, -0.1) is 0 Å². The number of pyridine rings is 1. The van der Waals surface area contributed by atoms with Gasteiger partial charge in [0.1, 0.15) is 5.52 Å². The monoisotopic (exact) mass is 510 g/mol. The fourth-order valence-corrected chi connectivity index (χ4v) is 4.92. The highest BCUT2D eigenvalue weighted by molar-refractivity contribution is 14.2. The molecular formula is C18H20BIN4O3S. The zero-order valence-corrected chi connectivity index (χ0v) is 19.2. The minimum atomic E-state index is -0.570. The molecule has 0 aliphatic carbocycles. The van der Waals surface area contributed by atoms with Crippen molar-refractivity contribution in [2.24, 2.45) is 7.05 Å². The van der Waals surface area contributed by atoms with Gasteiger partial charge in [-0.1, -0.05) is 0 Å². The van der Waals surface area contributed by atoms with Crippen molar-refractivity contribution >= 4 is 53.8 Å². The third kappa shape index (κ3) is 3.01. The van der Waals surface area contributed by atoms with E-state index in [4.69, 9.17) is 9.31 Å². The standard InChI is InChI=1S/C18H20BIN4O3S/c1-17(2)18(3,4)27-19(26-17)12-10-23(5)16(25)14-11(12)9-13(24(14)28-20)15-21-7-6-8-22-15/h6-10H,1-5H3. The van der Waals surface area contributed by atoms with Crippen molar-refractivity contribution in [3.8, 4) is 11.5 Å². The minimum absolute atomic E-state index is 0.0957. The van der Waals surface area contributed by atoms with Gasteiger partial charge in [-0.3, -0.25) is 8.77 Å². The Balaban J connectivity index is 1.98. The fraction of sp³-hybridized carbons (Fsp3) is 0.389. The average Bonchev–Trinajstić information content (AvgIpc) is 3.13. The first-order valence-electron chi connectivity index (χ1n) is 8.83. The summed E-state index contributed by atoms with van der Waals surface area (Å²) in [5.74, 6) is 0.560. The van der Waals surface area contributed by atoms with E-state index in [-0.39, 0.29) is 5.56 Å². The molecule has 10 heteroatoms. The number of rotatable bonds is 3. The van der Waals surface area contributed by atoms with Crippen LogP contribution in [0.25, 0.3) is 22.4 Å². The summed E-state index contributed by atoms with van der Waals surface area (Å²) in [6.45, 7) is 8.06. The summed E-state index contributed by atoms with van der Waals surface area (Å²) < 4.78 is 15.9. The van der Waals surface area contributed by atoms with Crippen LogP contribution in [0.2, 0.25) is 0 Å². The van der Waals surface area contributed by atoms with Crippen molar-refractivity contribution in [2.75, 3.05) is 0 Å². The van der Waals surface area contributed by atoms with Crippen molar-refractivity contribution in [1.29, 1.82) is 0 Å². The lowest BCUT2D eigenvalue weighted by Crippen LogP contribution is -2.41. The largest absolute Gasteiger partial charge is 0.497 e. The number of nitrogens with zero attached hydrogens (tertiary/aromatic N) is 4. The van der Waals surface area contributed by atoms with E-state index >= 15 is 0 Å². The molecule has 1 fully saturated rings. The third-order valence-corrected chi connectivity index (χ3v) is 7.19. The summed E-state index contributed by atoms with van der Waals surface area (Å²) in [5.41, 5.74) is 1.11. The van der Waals surface area contributed by atoms with Crippen LogP contribution in [0.4, 0.5) is 0 Å². The molecule has 3 aromatic rings. The molecule has 0 N–H and O–H groups in total. The highest BCUT2D eigenvalue weighted by Crippen LogP contribution is 2.38. The van der Waals surface area contributed by atoms with Crippen LogP contribution in [0.3, 0.4) is 0 Å². The van der Waals surface area contributed by atoms with Gasteiger partial charge in [-0.25, -0.2) is 9.97 Å². The SMILES string of the molecule is Cn1cc(B2OC(C)(C)C(C)(C)O2)c2cc(-c3ncccn3)n(SI)c2c1=O. The molecule has 146 valence electrons. The third-order valence-electron chi connectivity index (χ3n) is 5.50. The van der Waals surface area contributed by atoms with Crippen molar-refractivity contribution < 1.29 is 9.31 Å². The first-order valence-corrected chi connectivity index (χ1v) is 12.1. The summed E-state index contributed by atoms with van der Waals surface area (Å²) in [6, 6.07) is 3.71. The van der Waals surface area contributed by atoms with Gasteiger partial charge in [0.25, 0.3) is 5.56 Å². The van der Waals surface area contributed by atoms with Gasteiger partial charge in [0.2, 0.25) is 0 Å². The summed E-state index contributed by atoms with van der Waals surface area (Å²) in [7, 11) is 2.58. The number of fused-ring (bicyclic) bond motifs is 1. The second-order valence-electron chi connectivity index (χ2n) is 7.82. The molecule has 0 aromatic carbocycles. The maximum absolute atomic E-state index is 13.0. The van der Waals surface area contributed by atoms with Crippen LogP contribution in [0, 0.1) is 0 Å². The number of hydrogen-bond acceptors (Lipinski definition) is 6. The summed E-state index contributed by atoms with van der Waals surface area (Å²) in [6.07, 6.45) is 5.18. The maximum Gasteiger partial charge on any atom is 0.497 e. The molecule has 7 nitrogen and oxygen atoms in total. The van der Waals surface area contributed by atoms with Gasteiger partial charge in [0.15, 0.2) is 5.82 Å². The zero-order valence-electron chi connectivity index (χ0n) is 16.3. The number of halogens is 1. The van der Waals surface area contributed by atoms with E-state index in [1.807, 2.05) is 37.7 Å². The summed E-state index contributed by atoms with van der Waals surface area (Å²) in [5, 5.41) is 0.785. The van der Waals surface area contributed by atoms with Crippen molar-refractivity contribution in [3.05, 3.63) is 41.1 Å². The van der Waals surface area contributed by atoms with Crippen LogP contribution in [0.5, 0.6) is 0 Å². The smallest absolute Gasteiger partial charge is 0.399 e. The summed E-state index contributed by atoms with van der Waals surface area (Å²) in [4.78, 5) is 21.7. The Morgan fingerprint density at radius 2 is 1.75 bits per heavy atom.